The predicted molar refractivity (Wildman–Crippen MR) is 112 cm³/mol. The summed E-state index contributed by atoms with van der Waals surface area (Å²) in [5, 5.41) is 3.58. The molecule has 29 heavy (non-hydrogen) atoms. The van der Waals surface area contributed by atoms with Gasteiger partial charge in [0.1, 0.15) is 11.9 Å². The summed E-state index contributed by atoms with van der Waals surface area (Å²) < 4.78 is 6.36. The first-order valence-electron chi connectivity index (χ1n) is 10.7. The maximum absolute atomic E-state index is 13.6. The minimum absolute atomic E-state index is 0.0741. The number of urea groups is 1. The number of nitrogens with one attached hydrogen (secondary N) is 1. The lowest BCUT2D eigenvalue weighted by atomic mass is 9.75. The normalized spacial score (nSPS) is 27.3. The van der Waals surface area contributed by atoms with E-state index < -0.39 is 5.54 Å². The second kappa shape index (κ2) is 8.15. The molecule has 4 rings (SSSR count). The Bertz CT molecular complexity index is 794. The molecule has 6 nitrogen and oxygen atoms in total. The molecule has 1 aliphatic carbocycles. The van der Waals surface area contributed by atoms with E-state index in [1.165, 1.54) is 24.2 Å². The van der Waals surface area contributed by atoms with Gasteiger partial charge in [-0.3, -0.25) is 9.69 Å². The molecule has 3 amide bonds. The van der Waals surface area contributed by atoms with Crippen LogP contribution in [0.1, 0.15) is 50.5 Å². The van der Waals surface area contributed by atoms with Gasteiger partial charge in [0.25, 0.3) is 5.91 Å². The molecular formula is C22H30ClN3O3. The number of carbonyl (C=O) groups excluding carboxylic acids is 2. The van der Waals surface area contributed by atoms with E-state index in [2.05, 4.69) is 10.2 Å². The SMILES string of the molecule is CN(C)CCCN1C(=O)NC2(CC(C3CCCCC3)Oc3ccc(Cl)cc32)C1=O. The Balaban J connectivity index is 1.65. The zero-order valence-corrected chi connectivity index (χ0v) is 18.0. The summed E-state index contributed by atoms with van der Waals surface area (Å²) in [5.41, 5.74) is -0.388. The van der Waals surface area contributed by atoms with Gasteiger partial charge in [-0.15, -0.1) is 0 Å². The molecule has 2 unspecified atom stereocenters. The van der Waals surface area contributed by atoms with E-state index in [9.17, 15) is 9.59 Å². The molecule has 1 saturated heterocycles. The number of benzene rings is 1. The lowest BCUT2D eigenvalue weighted by Gasteiger charge is -2.42. The molecule has 2 fully saturated rings. The fraction of sp³-hybridized carbons (Fsp3) is 0.636. The van der Waals surface area contributed by atoms with Crippen molar-refractivity contribution in [2.75, 3.05) is 27.2 Å². The Hall–Kier alpha value is -1.79. The first-order valence-corrected chi connectivity index (χ1v) is 11.0. The van der Waals surface area contributed by atoms with Crippen molar-refractivity contribution >= 4 is 23.5 Å². The van der Waals surface area contributed by atoms with Crippen molar-refractivity contribution in [2.45, 2.75) is 56.6 Å². The molecule has 0 bridgehead atoms. The third-order valence-electron chi connectivity index (χ3n) is 6.53. The number of hydrogen-bond acceptors (Lipinski definition) is 4. The number of fused-ring (bicyclic) bond motifs is 2. The van der Waals surface area contributed by atoms with Gasteiger partial charge < -0.3 is 15.0 Å². The molecule has 0 aromatic heterocycles. The van der Waals surface area contributed by atoms with Crippen LogP contribution in [0.2, 0.25) is 5.02 Å². The molecule has 1 aromatic rings. The number of ether oxygens (including phenoxy) is 1. The molecule has 3 aliphatic rings. The van der Waals surface area contributed by atoms with Gasteiger partial charge in [-0.1, -0.05) is 30.9 Å². The van der Waals surface area contributed by atoms with Crippen LogP contribution in [-0.2, 0) is 10.3 Å². The van der Waals surface area contributed by atoms with Crippen molar-refractivity contribution in [1.82, 2.24) is 15.1 Å². The average Bonchev–Trinajstić information content (AvgIpc) is 2.93. The van der Waals surface area contributed by atoms with Gasteiger partial charge in [0, 0.05) is 23.6 Å². The van der Waals surface area contributed by atoms with Crippen LogP contribution in [0.4, 0.5) is 4.79 Å². The Kier molecular flexibility index (Phi) is 5.76. The van der Waals surface area contributed by atoms with Crippen LogP contribution in [0.5, 0.6) is 5.75 Å². The van der Waals surface area contributed by atoms with Crippen LogP contribution < -0.4 is 10.1 Å². The molecule has 2 heterocycles. The monoisotopic (exact) mass is 419 g/mol. The van der Waals surface area contributed by atoms with Crippen LogP contribution in [0, 0.1) is 5.92 Å². The molecule has 1 N–H and O–H groups in total. The van der Waals surface area contributed by atoms with Gasteiger partial charge in [0.2, 0.25) is 0 Å². The Morgan fingerprint density at radius 1 is 1.24 bits per heavy atom. The molecule has 7 heteroatoms. The van der Waals surface area contributed by atoms with Crippen LogP contribution in [0.25, 0.3) is 0 Å². The van der Waals surface area contributed by atoms with Crippen molar-refractivity contribution in [3.63, 3.8) is 0 Å². The zero-order valence-electron chi connectivity index (χ0n) is 17.2. The Labute approximate surface area is 177 Å². The second-order valence-electron chi connectivity index (χ2n) is 8.85. The number of imide groups is 1. The van der Waals surface area contributed by atoms with Crippen molar-refractivity contribution < 1.29 is 14.3 Å². The van der Waals surface area contributed by atoms with Crippen molar-refractivity contribution in [2.24, 2.45) is 5.92 Å². The average molecular weight is 420 g/mol. The highest BCUT2D eigenvalue weighted by atomic mass is 35.5. The van der Waals surface area contributed by atoms with Gasteiger partial charge in [-0.2, -0.15) is 0 Å². The van der Waals surface area contributed by atoms with Crippen LogP contribution >= 0.6 is 11.6 Å². The summed E-state index contributed by atoms with van der Waals surface area (Å²) in [7, 11) is 3.97. The minimum Gasteiger partial charge on any atom is -0.490 e. The molecule has 1 aromatic carbocycles. The van der Waals surface area contributed by atoms with E-state index in [-0.39, 0.29) is 18.0 Å². The Morgan fingerprint density at radius 2 is 2.00 bits per heavy atom. The third-order valence-corrected chi connectivity index (χ3v) is 6.76. The number of halogens is 1. The second-order valence-corrected chi connectivity index (χ2v) is 9.28. The first-order chi connectivity index (χ1) is 13.9. The lowest BCUT2D eigenvalue weighted by molar-refractivity contribution is -0.134. The summed E-state index contributed by atoms with van der Waals surface area (Å²) in [6, 6.07) is 5.08. The number of nitrogens with zero attached hydrogens (tertiary/aromatic N) is 2. The van der Waals surface area contributed by atoms with Crippen LogP contribution in [0.3, 0.4) is 0 Å². The Morgan fingerprint density at radius 3 is 2.72 bits per heavy atom. The van der Waals surface area contributed by atoms with E-state index in [1.54, 1.807) is 12.1 Å². The van der Waals surface area contributed by atoms with E-state index in [0.29, 0.717) is 35.2 Å². The highest BCUT2D eigenvalue weighted by molar-refractivity contribution is 6.30. The van der Waals surface area contributed by atoms with E-state index in [4.69, 9.17) is 16.3 Å². The predicted octanol–water partition coefficient (Wildman–Crippen LogP) is 3.77. The maximum atomic E-state index is 13.6. The van der Waals surface area contributed by atoms with Gasteiger partial charge >= 0.3 is 6.03 Å². The summed E-state index contributed by atoms with van der Waals surface area (Å²) in [5.74, 6) is 0.908. The van der Waals surface area contributed by atoms with E-state index in [0.717, 1.165) is 25.8 Å². The third kappa shape index (κ3) is 3.84. The summed E-state index contributed by atoms with van der Waals surface area (Å²) in [6.07, 6.45) is 7.01. The fourth-order valence-corrected chi connectivity index (χ4v) is 5.19. The first kappa shape index (κ1) is 20.5. The van der Waals surface area contributed by atoms with Crippen molar-refractivity contribution in [1.29, 1.82) is 0 Å². The molecule has 1 spiro atoms. The largest absolute Gasteiger partial charge is 0.490 e. The van der Waals surface area contributed by atoms with Crippen molar-refractivity contribution in [3.8, 4) is 5.75 Å². The highest BCUT2D eigenvalue weighted by Crippen LogP contribution is 2.47. The minimum atomic E-state index is -1.07. The zero-order chi connectivity index (χ0) is 20.6. The summed E-state index contributed by atoms with van der Waals surface area (Å²) >= 11 is 6.26. The highest BCUT2D eigenvalue weighted by Gasteiger charge is 2.57. The van der Waals surface area contributed by atoms with Crippen LogP contribution in [-0.4, -0.2) is 55.0 Å². The topological polar surface area (TPSA) is 61.9 Å². The van der Waals surface area contributed by atoms with Crippen molar-refractivity contribution in [3.05, 3.63) is 28.8 Å². The van der Waals surface area contributed by atoms with Crippen LogP contribution in [0.15, 0.2) is 18.2 Å². The molecule has 158 valence electrons. The van der Waals surface area contributed by atoms with Gasteiger partial charge in [-0.05, 0) is 64.0 Å². The molecule has 0 radical (unpaired) electrons. The quantitative estimate of drug-likeness (QED) is 0.738. The molecular weight excluding hydrogens is 390 g/mol. The number of carbonyl (C=O) groups is 2. The van der Waals surface area contributed by atoms with Gasteiger partial charge in [0.15, 0.2) is 5.54 Å². The van der Waals surface area contributed by atoms with Gasteiger partial charge in [0.05, 0.1) is 0 Å². The number of hydrogen-bond donors (Lipinski definition) is 1. The van der Waals surface area contributed by atoms with E-state index >= 15 is 0 Å². The lowest BCUT2D eigenvalue weighted by Crippen LogP contribution is -2.52. The number of amides is 3. The molecule has 2 aliphatic heterocycles. The molecule has 1 saturated carbocycles. The maximum Gasteiger partial charge on any atom is 0.325 e. The van der Waals surface area contributed by atoms with Gasteiger partial charge in [-0.25, -0.2) is 4.79 Å². The fourth-order valence-electron chi connectivity index (χ4n) is 5.02. The summed E-state index contributed by atoms with van der Waals surface area (Å²) in [6.45, 7) is 1.23. The number of rotatable bonds is 5. The molecule has 2 atom stereocenters. The van der Waals surface area contributed by atoms with E-state index in [1.807, 2.05) is 20.2 Å². The smallest absolute Gasteiger partial charge is 0.325 e. The summed E-state index contributed by atoms with van der Waals surface area (Å²) in [4.78, 5) is 29.8. The standard InChI is InChI=1S/C22H30ClN3O3/c1-25(2)11-6-12-26-20(27)22(24-21(26)28)14-19(15-7-4-3-5-8-15)29-18-10-9-16(23)13-17(18)22/h9-10,13,15,19H,3-8,11-12,14H2,1-2H3,(H,24,28).